The molecule has 12 heteroatoms. The number of nitrogens with one attached hydrogen (secondary N) is 1. The lowest BCUT2D eigenvalue weighted by atomic mass is 9.93. The van der Waals surface area contributed by atoms with Crippen LogP contribution in [0.4, 0.5) is 30.5 Å². The highest BCUT2D eigenvalue weighted by Gasteiger charge is 2.30. The number of carbonyl (C=O) groups is 1. The van der Waals surface area contributed by atoms with E-state index in [1.54, 1.807) is 13.1 Å². The van der Waals surface area contributed by atoms with Gasteiger partial charge in [0.05, 0.1) is 17.8 Å². The van der Waals surface area contributed by atoms with Crippen molar-refractivity contribution in [1.82, 2.24) is 19.9 Å². The van der Waals surface area contributed by atoms with Crippen LogP contribution in [0.25, 0.3) is 0 Å². The number of rotatable bonds is 9. The van der Waals surface area contributed by atoms with Crippen LogP contribution in [0, 0.1) is 5.92 Å². The number of likely N-dealkylation sites (tertiary alicyclic amines) is 1. The van der Waals surface area contributed by atoms with Gasteiger partial charge < -0.3 is 15.0 Å². The first kappa shape index (κ1) is 29.5. The maximum atomic E-state index is 13.1. The van der Waals surface area contributed by atoms with Crippen molar-refractivity contribution in [2.24, 2.45) is 5.92 Å². The van der Waals surface area contributed by atoms with Gasteiger partial charge in [-0.25, -0.2) is 4.98 Å². The third-order valence-corrected chi connectivity index (χ3v) is 8.45. The zero-order chi connectivity index (χ0) is 29.0. The Labute approximate surface area is 250 Å². The molecule has 2 aliphatic heterocycles. The van der Waals surface area contributed by atoms with Crippen LogP contribution in [0.3, 0.4) is 0 Å². The fourth-order valence-electron chi connectivity index (χ4n) is 5.28. The Morgan fingerprint density at radius 1 is 1.12 bits per heavy atom. The largest absolute Gasteiger partial charge is 0.462 e. The van der Waals surface area contributed by atoms with Crippen molar-refractivity contribution in [3.05, 3.63) is 65.0 Å². The van der Waals surface area contributed by atoms with E-state index in [1.807, 2.05) is 6.07 Å². The number of ether oxygens (including phenoxy) is 1. The van der Waals surface area contributed by atoms with Crippen molar-refractivity contribution in [3.63, 3.8) is 0 Å². The molecule has 0 radical (unpaired) electrons. The highest BCUT2D eigenvalue weighted by atomic mass is 127. The molecule has 1 aromatic carbocycles. The smallest absolute Gasteiger partial charge is 0.416 e. The van der Waals surface area contributed by atoms with Crippen LogP contribution < -0.4 is 15.0 Å². The highest BCUT2D eigenvalue weighted by molar-refractivity contribution is 14.1. The topological polar surface area (TPSA) is 83.5 Å². The molecule has 0 bridgehead atoms. The normalized spacial score (nSPS) is 16.4. The molecule has 2 aliphatic rings. The van der Waals surface area contributed by atoms with Gasteiger partial charge in [-0.1, -0.05) is 28.7 Å². The van der Waals surface area contributed by atoms with E-state index in [0.717, 1.165) is 65.1 Å². The SMILES string of the molecule is CC(=O)C1CCN(CCOc2nc3c(c(Nc4ccc(C(F)(F)F)cc4)n2)CCN(c2ncccc2CI)C3)CC1. The van der Waals surface area contributed by atoms with Crippen LogP contribution in [0.5, 0.6) is 6.01 Å². The number of anilines is 3. The lowest BCUT2D eigenvalue weighted by Gasteiger charge is -2.31. The van der Waals surface area contributed by atoms with Gasteiger partial charge in [-0.3, -0.25) is 9.69 Å². The van der Waals surface area contributed by atoms with Crippen molar-refractivity contribution in [2.45, 2.75) is 43.3 Å². The van der Waals surface area contributed by atoms with E-state index in [-0.39, 0.29) is 17.7 Å². The van der Waals surface area contributed by atoms with Gasteiger partial charge in [-0.05, 0) is 69.6 Å². The standard InChI is InChI=1S/C29H32F3IN6O2/c1-19(40)20-8-12-38(13-9-20)15-16-41-28-36-25-18-39(27-21(17-33)3-2-11-34-27)14-10-24(25)26(37-28)35-23-6-4-22(5-7-23)29(30,31)32/h2-7,11,20H,8-10,12-18H2,1H3,(H,35,36,37). The number of hydrogen-bond donors (Lipinski definition) is 1. The number of halogens is 4. The van der Waals surface area contributed by atoms with Crippen molar-refractivity contribution < 1.29 is 22.7 Å². The van der Waals surface area contributed by atoms with E-state index in [2.05, 4.69) is 53.7 Å². The molecule has 0 saturated carbocycles. The minimum absolute atomic E-state index is 0.143. The van der Waals surface area contributed by atoms with E-state index in [9.17, 15) is 18.0 Å². The molecule has 1 N–H and O–H groups in total. The number of ketones is 1. The Morgan fingerprint density at radius 3 is 2.56 bits per heavy atom. The van der Waals surface area contributed by atoms with Crippen molar-refractivity contribution in [1.29, 1.82) is 0 Å². The molecule has 1 saturated heterocycles. The quantitative estimate of drug-likeness (QED) is 0.224. The third-order valence-electron chi connectivity index (χ3n) is 7.63. The Balaban J connectivity index is 1.35. The van der Waals surface area contributed by atoms with Crippen molar-refractivity contribution in [3.8, 4) is 6.01 Å². The molecule has 41 heavy (non-hydrogen) atoms. The summed E-state index contributed by atoms with van der Waals surface area (Å²) in [6.45, 7) is 5.63. The Kier molecular flexibility index (Phi) is 9.27. The molecule has 1 fully saturated rings. The lowest BCUT2D eigenvalue weighted by Crippen LogP contribution is -2.38. The number of nitrogens with zero attached hydrogens (tertiary/aromatic N) is 5. The first-order chi connectivity index (χ1) is 19.7. The summed E-state index contributed by atoms with van der Waals surface area (Å²) >= 11 is 2.33. The number of fused-ring (bicyclic) bond motifs is 1. The van der Waals surface area contributed by atoms with Crippen molar-refractivity contribution >= 4 is 45.7 Å². The molecule has 0 amide bonds. The molecule has 3 aromatic rings. The fourth-order valence-corrected chi connectivity index (χ4v) is 5.88. The second-order valence-corrected chi connectivity index (χ2v) is 11.1. The Bertz CT molecular complexity index is 1360. The molecule has 0 aliphatic carbocycles. The number of piperidine rings is 1. The van der Waals surface area contributed by atoms with E-state index in [0.29, 0.717) is 44.2 Å². The summed E-state index contributed by atoms with van der Waals surface area (Å²) < 4.78 is 46.1. The molecule has 0 unspecified atom stereocenters. The fraction of sp³-hybridized carbons (Fsp3) is 0.448. The molecule has 8 nitrogen and oxygen atoms in total. The zero-order valence-corrected chi connectivity index (χ0v) is 24.9. The molecule has 2 aromatic heterocycles. The van der Waals surface area contributed by atoms with Gasteiger partial charge in [0.15, 0.2) is 0 Å². The van der Waals surface area contributed by atoms with Gasteiger partial charge in [-0.2, -0.15) is 23.1 Å². The maximum Gasteiger partial charge on any atom is 0.416 e. The predicted molar refractivity (Wildman–Crippen MR) is 159 cm³/mol. The summed E-state index contributed by atoms with van der Waals surface area (Å²) in [5.74, 6) is 1.84. The van der Waals surface area contributed by atoms with Gasteiger partial charge in [0.1, 0.15) is 24.0 Å². The maximum absolute atomic E-state index is 13.1. The molecular formula is C29H32F3IN6O2. The summed E-state index contributed by atoms with van der Waals surface area (Å²) in [5, 5.41) is 3.21. The number of pyridine rings is 1. The number of benzene rings is 1. The molecule has 5 rings (SSSR count). The monoisotopic (exact) mass is 680 g/mol. The molecular weight excluding hydrogens is 648 g/mol. The van der Waals surface area contributed by atoms with Crippen LogP contribution in [0.15, 0.2) is 42.6 Å². The highest BCUT2D eigenvalue weighted by Crippen LogP contribution is 2.33. The average Bonchev–Trinajstić information content (AvgIpc) is 2.97. The number of aromatic nitrogens is 3. The Morgan fingerprint density at radius 2 is 1.88 bits per heavy atom. The van der Waals surface area contributed by atoms with Gasteiger partial charge >= 0.3 is 12.2 Å². The average molecular weight is 681 g/mol. The first-order valence-corrected chi connectivity index (χ1v) is 15.2. The van der Waals surface area contributed by atoms with Gasteiger partial charge in [0.25, 0.3) is 0 Å². The van der Waals surface area contributed by atoms with Gasteiger partial charge in [0, 0.05) is 46.4 Å². The van der Waals surface area contributed by atoms with E-state index >= 15 is 0 Å². The third kappa shape index (κ3) is 7.26. The van der Waals surface area contributed by atoms with Crippen LogP contribution >= 0.6 is 22.6 Å². The summed E-state index contributed by atoms with van der Waals surface area (Å²) in [4.78, 5) is 30.1. The summed E-state index contributed by atoms with van der Waals surface area (Å²) in [6, 6.07) is 9.12. The zero-order valence-electron chi connectivity index (χ0n) is 22.8. The number of alkyl halides is 4. The predicted octanol–water partition coefficient (Wildman–Crippen LogP) is 5.81. The van der Waals surface area contributed by atoms with Crippen molar-refractivity contribution in [2.75, 3.05) is 43.0 Å². The van der Waals surface area contributed by atoms with Gasteiger partial charge in [-0.15, -0.1) is 0 Å². The van der Waals surface area contributed by atoms with Crippen LogP contribution in [-0.2, 0) is 28.4 Å². The summed E-state index contributed by atoms with van der Waals surface area (Å²) in [6.07, 6.45) is -0.267. The number of Topliss-reactive ketones (excluding diaryl/α,β-unsaturated/α-hetero) is 1. The lowest BCUT2D eigenvalue weighted by molar-refractivity contribution is -0.137. The molecule has 0 atom stereocenters. The minimum atomic E-state index is -4.40. The van der Waals surface area contributed by atoms with Crippen LogP contribution in [0.1, 0.15) is 42.1 Å². The Hall–Kier alpha value is -3.00. The minimum Gasteiger partial charge on any atom is -0.462 e. The van der Waals surface area contributed by atoms with Crippen LogP contribution in [-0.4, -0.2) is 58.4 Å². The van der Waals surface area contributed by atoms with E-state index < -0.39 is 11.7 Å². The summed E-state index contributed by atoms with van der Waals surface area (Å²) in [7, 11) is 0. The molecule has 4 heterocycles. The molecule has 0 spiro atoms. The second-order valence-electron chi connectivity index (χ2n) is 10.3. The molecule has 218 valence electrons. The van der Waals surface area contributed by atoms with E-state index in [1.165, 1.54) is 12.1 Å². The first-order valence-electron chi connectivity index (χ1n) is 13.7. The van der Waals surface area contributed by atoms with Crippen LogP contribution in [0.2, 0.25) is 0 Å². The van der Waals surface area contributed by atoms with E-state index in [4.69, 9.17) is 9.72 Å². The van der Waals surface area contributed by atoms with Gasteiger partial charge in [0.2, 0.25) is 0 Å². The number of hydrogen-bond acceptors (Lipinski definition) is 8. The summed E-state index contributed by atoms with van der Waals surface area (Å²) in [5.41, 5.74) is 2.63. The number of carbonyl (C=O) groups excluding carboxylic acids is 1. The second kappa shape index (κ2) is 12.9.